The molecule has 0 bridgehead atoms. The van der Waals surface area contributed by atoms with Crippen molar-refractivity contribution >= 4 is 5.91 Å². The highest BCUT2D eigenvalue weighted by atomic mass is 16.1. The third-order valence-electron chi connectivity index (χ3n) is 3.67. The zero-order valence-corrected chi connectivity index (χ0v) is 13.9. The highest BCUT2D eigenvalue weighted by Gasteiger charge is 2.13. The van der Waals surface area contributed by atoms with Crippen LogP contribution < -0.4 is 10.6 Å². The quantitative estimate of drug-likeness (QED) is 0.728. The first-order valence-corrected chi connectivity index (χ1v) is 8.10. The normalized spacial score (nSPS) is 14.0. The van der Waals surface area contributed by atoms with Crippen molar-refractivity contribution in [1.29, 1.82) is 0 Å². The van der Waals surface area contributed by atoms with E-state index in [0.29, 0.717) is 24.9 Å². The van der Waals surface area contributed by atoms with Gasteiger partial charge in [0.05, 0.1) is 0 Å². The molecule has 0 saturated heterocycles. The third-order valence-corrected chi connectivity index (χ3v) is 3.67. The molecule has 0 aliphatic rings. The number of amides is 1. The van der Waals surface area contributed by atoms with Crippen LogP contribution in [-0.4, -0.2) is 18.5 Å². The lowest BCUT2D eigenvalue weighted by Gasteiger charge is -2.21. The molecule has 1 aromatic carbocycles. The van der Waals surface area contributed by atoms with Crippen LogP contribution in [0.1, 0.15) is 58.6 Å². The summed E-state index contributed by atoms with van der Waals surface area (Å²) < 4.78 is 0. The average molecular weight is 290 g/mol. The Morgan fingerprint density at radius 3 is 2.38 bits per heavy atom. The number of carbonyl (C=O) groups is 1. The van der Waals surface area contributed by atoms with Crippen LogP contribution in [-0.2, 0) is 4.79 Å². The van der Waals surface area contributed by atoms with Crippen molar-refractivity contribution < 1.29 is 4.79 Å². The van der Waals surface area contributed by atoms with Crippen LogP contribution in [0, 0.1) is 5.92 Å². The third kappa shape index (κ3) is 7.28. The molecule has 1 rings (SSSR count). The monoisotopic (exact) mass is 290 g/mol. The summed E-state index contributed by atoms with van der Waals surface area (Å²) in [5.41, 5.74) is 1.30. The molecule has 3 heteroatoms. The molecule has 0 fully saturated rings. The van der Waals surface area contributed by atoms with Gasteiger partial charge in [-0.05, 0) is 31.2 Å². The minimum atomic E-state index is 0.133. The Hall–Kier alpha value is -1.35. The molecule has 1 aromatic rings. The van der Waals surface area contributed by atoms with Gasteiger partial charge >= 0.3 is 0 Å². The number of hydrogen-bond donors (Lipinski definition) is 2. The SMILES string of the molecule is CCC(C)NC(=O)CCNC(CC(C)C)c1ccccc1. The van der Waals surface area contributed by atoms with Crippen molar-refractivity contribution in [3.63, 3.8) is 0 Å². The Balaban J connectivity index is 2.45. The first-order chi connectivity index (χ1) is 10.0. The molecule has 0 spiro atoms. The molecule has 0 radical (unpaired) electrons. The van der Waals surface area contributed by atoms with Gasteiger partial charge < -0.3 is 10.6 Å². The van der Waals surface area contributed by atoms with E-state index in [2.05, 4.69) is 55.7 Å². The molecular formula is C18H30N2O. The van der Waals surface area contributed by atoms with Crippen molar-refractivity contribution in [3.8, 4) is 0 Å². The maximum Gasteiger partial charge on any atom is 0.221 e. The molecule has 0 aliphatic heterocycles. The smallest absolute Gasteiger partial charge is 0.221 e. The zero-order chi connectivity index (χ0) is 15.7. The minimum Gasteiger partial charge on any atom is -0.354 e. The fraction of sp³-hybridized carbons (Fsp3) is 0.611. The van der Waals surface area contributed by atoms with Crippen LogP contribution in [0.2, 0.25) is 0 Å². The topological polar surface area (TPSA) is 41.1 Å². The lowest BCUT2D eigenvalue weighted by atomic mass is 9.97. The van der Waals surface area contributed by atoms with Gasteiger partial charge in [-0.1, -0.05) is 51.1 Å². The molecule has 0 aromatic heterocycles. The lowest BCUT2D eigenvalue weighted by Crippen LogP contribution is -2.34. The standard InChI is InChI=1S/C18H30N2O/c1-5-15(4)20-18(21)11-12-19-17(13-14(2)3)16-9-7-6-8-10-16/h6-10,14-15,17,19H,5,11-13H2,1-4H3,(H,20,21). The van der Waals surface area contributed by atoms with Gasteiger partial charge in [0.2, 0.25) is 5.91 Å². The molecule has 0 saturated carbocycles. The van der Waals surface area contributed by atoms with Gasteiger partial charge in [-0.2, -0.15) is 0 Å². The Bertz CT molecular complexity index is 403. The van der Waals surface area contributed by atoms with Gasteiger partial charge in [-0.3, -0.25) is 4.79 Å². The Morgan fingerprint density at radius 1 is 1.14 bits per heavy atom. The Kier molecular flexibility index (Phi) is 8.06. The van der Waals surface area contributed by atoms with Gasteiger partial charge in [-0.15, -0.1) is 0 Å². The van der Waals surface area contributed by atoms with E-state index >= 15 is 0 Å². The first-order valence-electron chi connectivity index (χ1n) is 8.10. The van der Waals surface area contributed by atoms with Gasteiger partial charge in [-0.25, -0.2) is 0 Å². The summed E-state index contributed by atoms with van der Waals surface area (Å²) in [4.78, 5) is 11.8. The van der Waals surface area contributed by atoms with Gasteiger partial charge in [0.15, 0.2) is 0 Å². The molecule has 21 heavy (non-hydrogen) atoms. The molecule has 2 unspecified atom stereocenters. The minimum absolute atomic E-state index is 0.133. The van der Waals surface area contributed by atoms with Gasteiger partial charge in [0.1, 0.15) is 0 Å². The van der Waals surface area contributed by atoms with Crippen LogP contribution in [0.25, 0.3) is 0 Å². The van der Waals surface area contributed by atoms with Crippen molar-refractivity contribution in [2.45, 2.75) is 59.0 Å². The lowest BCUT2D eigenvalue weighted by molar-refractivity contribution is -0.121. The molecule has 1 amide bonds. The summed E-state index contributed by atoms with van der Waals surface area (Å²) in [6.07, 6.45) is 2.59. The molecule has 118 valence electrons. The van der Waals surface area contributed by atoms with E-state index in [9.17, 15) is 4.79 Å². The molecule has 3 nitrogen and oxygen atoms in total. The summed E-state index contributed by atoms with van der Waals surface area (Å²) in [5, 5.41) is 6.53. The highest BCUT2D eigenvalue weighted by Crippen LogP contribution is 2.20. The second kappa shape index (κ2) is 9.56. The zero-order valence-electron chi connectivity index (χ0n) is 13.9. The number of benzene rings is 1. The maximum atomic E-state index is 11.8. The predicted molar refractivity (Wildman–Crippen MR) is 89.2 cm³/mol. The molecular weight excluding hydrogens is 260 g/mol. The second-order valence-electron chi connectivity index (χ2n) is 6.17. The predicted octanol–water partition coefficient (Wildman–Crippen LogP) is 3.67. The van der Waals surface area contributed by atoms with E-state index in [1.54, 1.807) is 0 Å². The van der Waals surface area contributed by atoms with Gasteiger partial charge in [0, 0.05) is 25.0 Å². The summed E-state index contributed by atoms with van der Waals surface area (Å²) in [7, 11) is 0. The van der Waals surface area contributed by atoms with Gasteiger partial charge in [0.25, 0.3) is 0 Å². The number of rotatable bonds is 9. The average Bonchev–Trinajstić information content (AvgIpc) is 2.46. The number of carbonyl (C=O) groups excluding carboxylic acids is 1. The summed E-state index contributed by atoms with van der Waals surface area (Å²) in [6, 6.07) is 11.1. The largest absolute Gasteiger partial charge is 0.354 e. The summed E-state index contributed by atoms with van der Waals surface area (Å²) in [5.74, 6) is 0.754. The summed E-state index contributed by atoms with van der Waals surface area (Å²) in [6.45, 7) is 9.29. The first kappa shape index (κ1) is 17.7. The van der Waals surface area contributed by atoms with E-state index in [1.165, 1.54) is 5.56 Å². The molecule has 2 N–H and O–H groups in total. The number of nitrogens with one attached hydrogen (secondary N) is 2. The Labute approximate surface area is 129 Å². The molecule has 0 aliphatic carbocycles. The fourth-order valence-corrected chi connectivity index (χ4v) is 2.30. The van der Waals surface area contributed by atoms with Crippen molar-refractivity contribution in [2.24, 2.45) is 5.92 Å². The van der Waals surface area contributed by atoms with Crippen molar-refractivity contribution in [2.75, 3.05) is 6.54 Å². The van der Waals surface area contributed by atoms with Crippen molar-refractivity contribution in [1.82, 2.24) is 10.6 Å². The van der Waals surface area contributed by atoms with E-state index in [4.69, 9.17) is 0 Å². The number of hydrogen-bond acceptors (Lipinski definition) is 2. The fourth-order valence-electron chi connectivity index (χ4n) is 2.30. The van der Waals surface area contributed by atoms with E-state index in [0.717, 1.165) is 12.8 Å². The van der Waals surface area contributed by atoms with Crippen LogP contribution >= 0.6 is 0 Å². The van der Waals surface area contributed by atoms with Crippen molar-refractivity contribution in [3.05, 3.63) is 35.9 Å². The van der Waals surface area contributed by atoms with Crippen LogP contribution in [0.15, 0.2) is 30.3 Å². The highest BCUT2D eigenvalue weighted by molar-refractivity contribution is 5.76. The Morgan fingerprint density at radius 2 is 1.81 bits per heavy atom. The summed E-state index contributed by atoms with van der Waals surface area (Å²) >= 11 is 0. The van der Waals surface area contributed by atoms with Crippen LogP contribution in [0.4, 0.5) is 0 Å². The molecule has 2 atom stereocenters. The van der Waals surface area contributed by atoms with E-state index in [-0.39, 0.29) is 11.9 Å². The maximum absolute atomic E-state index is 11.8. The van der Waals surface area contributed by atoms with E-state index in [1.807, 2.05) is 13.0 Å². The second-order valence-corrected chi connectivity index (χ2v) is 6.17. The van der Waals surface area contributed by atoms with Crippen LogP contribution in [0.3, 0.4) is 0 Å². The van der Waals surface area contributed by atoms with Crippen LogP contribution in [0.5, 0.6) is 0 Å². The molecule has 0 heterocycles. The van der Waals surface area contributed by atoms with E-state index < -0.39 is 0 Å².